The fourth-order valence-electron chi connectivity index (χ4n) is 1.98. The van der Waals surface area contributed by atoms with Crippen molar-refractivity contribution in [2.45, 2.75) is 39.6 Å². The zero-order valence-corrected chi connectivity index (χ0v) is 11.4. The van der Waals surface area contributed by atoms with Gasteiger partial charge in [0.15, 0.2) is 0 Å². The molecule has 18 heavy (non-hydrogen) atoms. The minimum Gasteiger partial charge on any atom is -0.396 e. The Morgan fingerprint density at radius 3 is 2.22 bits per heavy atom. The second-order valence-electron chi connectivity index (χ2n) is 5.02. The molecule has 0 fully saturated rings. The first-order valence-electron chi connectivity index (χ1n) is 6.50. The summed E-state index contributed by atoms with van der Waals surface area (Å²) in [6, 6.07) is 9.93. The zero-order chi connectivity index (χ0) is 13.5. The van der Waals surface area contributed by atoms with Gasteiger partial charge in [-0.05, 0) is 12.5 Å². The first-order chi connectivity index (χ1) is 8.56. The van der Waals surface area contributed by atoms with E-state index in [1.54, 1.807) is 6.92 Å². The average molecular weight is 252 g/mol. The molecule has 1 aromatic rings. The van der Waals surface area contributed by atoms with Crippen LogP contribution in [0.25, 0.3) is 0 Å². The molecule has 2 N–H and O–H groups in total. The van der Waals surface area contributed by atoms with Crippen molar-refractivity contribution in [2.75, 3.05) is 6.61 Å². The Labute approximate surface area is 109 Å². The van der Waals surface area contributed by atoms with Crippen molar-refractivity contribution in [1.29, 1.82) is 0 Å². The maximum absolute atomic E-state index is 9.67. The van der Waals surface area contributed by atoms with E-state index in [4.69, 9.17) is 4.74 Å². The van der Waals surface area contributed by atoms with Gasteiger partial charge in [-0.1, -0.05) is 44.2 Å². The molecule has 1 unspecified atom stereocenters. The molecular weight excluding hydrogens is 228 g/mol. The van der Waals surface area contributed by atoms with Crippen LogP contribution < -0.4 is 0 Å². The number of rotatable bonds is 7. The van der Waals surface area contributed by atoms with Crippen LogP contribution in [0.15, 0.2) is 30.3 Å². The van der Waals surface area contributed by atoms with Gasteiger partial charge in [-0.3, -0.25) is 0 Å². The van der Waals surface area contributed by atoms with Gasteiger partial charge in [-0.25, -0.2) is 0 Å². The maximum Gasteiger partial charge on any atom is 0.0720 e. The molecule has 4 atom stereocenters. The lowest BCUT2D eigenvalue weighted by Crippen LogP contribution is -2.36. The minimum atomic E-state index is -0.445. The Morgan fingerprint density at radius 1 is 1.11 bits per heavy atom. The van der Waals surface area contributed by atoms with Crippen molar-refractivity contribution in [3.8, 4) is 0 Å². The number of hydrogen-bond donors (Lipinski definition) is 2. The van der Waals surface area contributed by atoms with Gasteiger partial charge in [-0.2, -0.15) is 0 Å². The Hall–Kier alpha value is -0.900. The van der Waals surface area contributed by atoms with Crippen LogP contribution in [0.5, 0.6) is 0 Å². The van der Waals surface area contributed by atoms with E-state index in [9.17, 15) is 10.2 Å². The van der Waals surface area contributed by atoms with Crippen LogP contribution in [0, 0.1) is 11.8 Å². The van der Waals surface area contributed by atoms with Crippen LogP contribution in [0.2, 0.25) is 0 Å². The van der Waals surface area contributed by atoms with Crippen molar-refractivity contribution in [3.63, 3.8) is 0 Å². The standard InChI is InChI=1S/C15H24O3/c1-11(9-16)15(12(2)13(3)17)18-10-14-7-5-4-6-8-14/h4-8,11-13,15-17H,9-10H2,1-3H3/t11-,12+,13?,15-/m1/s1. The SMILES string of the molecule is CC(O)[C@H](C)[C@H](OCc1ccccc1)[C@H](C)CO. The number of aliphatic hydroxyl groups is 2. The molecule has 0 heterocycles. The minimum absolute atomic E-state index is 0.00383. The van der Waals surface area contributed by atoms with Crippen molar-refractivity contribution in [1.82, 2.24) is 0 Å². The van der Waals surface area contributed by atoms with E-state index in [2.05, 4.69) is 0 Å². The molecule has 0 saturated carbocycles. The van der Waals surface area contributed by atoms with E-state index >= 15 is 0 Å². The van der Waals surface area contributed by atoms with Crippen LogP contribution >= 0.6 is 0 Å². The summed E-state index contributed by atoms with van der Waals surface area (Å²) in [6.45, 7) is 6.22. The Morgan fingerprint density at radius 2 is 1.72 bits per heavy atom. The topological polar surface area (TPSA) is 49.7 Å². The quantitative estimate of drug-likeness (QED) is 0.782. The van der Waals surface area contributed by atoms with E-state index in [1.807, 2.05) is 44.2 Å². The molecule has 0 aliphatic rings. The highest BCUT2D eigenvalue weighted by Crippen LogP contribution is 2.21. The second-order valence-corrected chi connectivity index (χ2v) is 5.02. The maximum atomic E-state index is 9.67. The summed E-state index contributed by atoms with van der Waals surface area (Å²) in [6.07, 6.45) is -0.588. The van der Waals surface area contributed by atoms with Crippen LogP contribution in [-0.4, -0.2) is 29.0 Å². The first-order valence-corrected chi connectivity index (χ1v) is 6.50. The monoisotopic (exact) mass is 252 g/mol. The summed E-state index contributed by atoms with van der Waals surface area (Å²) < 4.78 is 5.88. The Bertz CT molecular complexity index is 324. The van der Waals surface area contributed by atoms with E-state index in [0.29, 0.717) is 6.61 Å². The van der Waals surface area contributed by atoms with E-state index in [-0.39, 0.29) is 24.5 Å². The lowest BCUT2D eigenvalue weighted by molar-refractivity contribution is -0.0706. The van der Waals surface area contributed by atoms with Crippen molar-refractivity contribution < 1.29 is 14.9 Å². The highest BCUT2D eigenvalue weighted by atomic mass is 16.5. The third kappa shape index (κ3) is 4.41. The molecule has 3 heteroatoms. The molecule has 3 nitrogen and oxygen atoms in total. The fraction of sp³-hybridized carbons (Fsp3) is 0.600. The van der Waals surface area contributed by atoms with Crippen LogP contribution in [-0.2, 0) is 11.3 Å². The predicted molar refractivity (Wildman–Crippen MR) is 72.1 cm³/mol. The van der Waals surface area contributed by atoms with Crippen LogP contribution in [0.4, 0.5) is 0 Å². The summed E-state index contributed by atoms with van der Waals surface area (Å²) in [5.41, 5.74) is 1.10. The van der Waals surface area contributed by atoms with Gasteiger partial charge in [0.25, 0.3) is 0 Å². The van der Waals surface area contributed by atoms with Crippen LogP contribution in [0.3, 0.4) is 0 Å². The lowest BCUT2D eigenvalue weighted by Gasteiger charge is -2.30. The molecule has 0 spiro atoms. The average Bonchev–Trinajstić information content (AvgIpc) is 2.39. The molecule has 0 radical (unpaired) electrons. The van der Waals surface area contributed by atoms with Gasteiger partial charge in [-0.15, -0.1) is 0 Å². The summed E-state index contributed by atoms with van der Waals surface area (Å²) in [7, 11) is 0. The molecule has 0 aromatic heterocycles. The van der Waals surface area contributed by atoms with Crippen LogP contribution in [0.1, 0.15) is 26.3 Å². The van der Waals surface area contributed by atoms with Gasteiger partial charge in [0.05, 0.1) is 18.8 Å². The van der Waals surface area contributed by atoms with Crippen molar-refractivity contribution >= 4 is 0 Å². The summed E-state index contributed by atoms with van der Waals surface area (Å²) in [4.78, 5) is 0. The van der Waals surface area contributed by atoms with Gasteiger partial charge in [0, 0.05) is 18.4 Å². The number of hydrogen-bond acceptors (Lipinski definition) is 3. The number of aliphatic hydroxyl groups excluding tert-OH is 2. The van der Waals surface area contributed by atoms with Gasteiger partial charge in [0.2, 0.25) is 0 Å². The predicted octanol–water partition coefficient (Wildman–Crippen LogP) is 2.22. The lowest BCUT2D eigenvalue weighted by atomic mass is 9.90. The highest BCUT2D eigenvalue weighted by Gasteiger charge is 2.27. The number of ether oxygens (including phenoxy) is 1. The third-order valence-corrected chi connectivity index (χ3v) is 3.41. The second kappa shape index (κ2) is 7.52. The molecule has 1 rings (SSSR count). The molecule has 0 amide bonds. The summed E-state index contributed by atoms with van der Waals surface area (Å²) in [5, 5.41) is 18.9. The normalized spacial score (nSPS) is 18.1. The van der Waals surface area contributed by atoms with E-state index < -0.39 is 6.10 Å². The molecule has 102 valence electrons. The van der Waals surface area contributed by atoms with Crippen molar-refractivity contribution in [3.05, 3.63) is 35.9 Å². The molecule has 0 bridgehead atoms. The van der Waals surface area contributed by atoms with Gasteiger partial charge >= 0.3 is 0 Å². The first kappa shape index (κ1) is 15.2. The van der Waals surface area contributed by atoms with Gasteiger partial charge < -0.3 is 14.9 Å². The fourth-order valence-corrected chi connectivity index (χ4v) is 1.98. The molecule has 0 aliphatic carbocycles. The third-order valence-electron chi connectivity index (χ3n) is 3.41. The summed E-state index contributed by atoms with van der Waals surface area (Å²) in [5.74, 6) is 0.00849. The highest BCUT2D eigenvalue weighted by molar-refractivity contribution is 5.13. The number of benzene rings is 1. The Balaban J connectivity index is 2.62. The van der Waals surface area contributed by atoms with E-state index in [1.165, 1.54) is 0 Å². The Kier molecular flexibility index (Phi) is 6.33. The van der Waals surface area contributed by atoms with Gasteiger partial charge in [0.1, 0.15) is 0 Å². The molecular formula is C15H24O3. The summed E-state index contributed by atoms with van der Waals surface area (Å²) >= 11 is 0. The molecule has 0 saturated heterocycles. The smallest absolute Gasteiger partial charge is 0.0720 e. The molecule has 0 aliphatic heterocycles. The zero-order valence-electron chi connectivity index (χ0n) is 11.4. The molecule has 1 aromatic carbocycles. The van der Waals surface area contributed by atoms with E-state index in [0.717, 1.165) is 5.56 Å². The van der Waals surface area contributed by atoms with Crippen molar-refractivity contribution in [2.24, 2.45) is 11.8 Å². The largest absolute Gasteiger partial charge is 0.396 e.